The number of carbonyl (C=O) groups is 3. The molecule has 17 heavy (non-hydrogen) atoms. The van der Waals surface area contributed by atoms with Gasteiger partial charge in [-0.05, 0) is 12.1 Å². The van der Waals surface area contributed by atoms with Crippen molar-refractivity contribution in [2.24, 2.45) is 0 Å². The minimum atomic E-state index is -0.571. The van der Waals surface area contributed by atoms with Crippen molar-refractivity contribution < 1.29 is 14.4 Å². The van der Waals surface area contributed by atoms with Gasteiger partial charge < -0.3 is 10.1 Å². The number of hydrogen-bond acceptors (Lipinski definition) is 3. The monoisotopic (exact) mass is 235 g/mol. The van der Waals surface area contributed by atoms with E-state index < -0.39 is 6.03 Å². The second kappa shape index (κ2) is 6.26. The Balaban J connectivity index is 2.84. The van der Waals surface area contributed by atoms with Crippen LogP contribution in [0.3, 0.4) is 0 Å². The van der Waals surface area contributed by atoms with Crippen molar-refractivity contribution in [3.8, 4) is 0 Å². The van der Waals surface area contributed by atoms with E-state index in [2.05, 4.69) is 10.7 Å². The van der Waals surface area contributed by atoms with Crippen molar-refractivity contribution in [1.82, 2.24) is 10.7 Å². The van der Waals surface area contributed by atoms with Crippen molar-refractivity contribution in [3.63, 3.8) is 0 Å². The zero-order valence-electron chi connectivity index (χ0n) is 9.34. The molecule has 0 radical (unpaired) electrons. The highest BCUT2D eigenvalue weighted by Crippen LogP contribution is 2.10. The molecule has 6 nitrogen and oxygen atoms in total. The summed E-state index contributed by atoms with van der Waals surface area (Å²) in [7, 11) is 0. The molecule has 1 aromatic carbocycles. The number of amides is 3. The molecular weight excluding hydrogens is 222 g/mol. The zero-order chi connectivity index (χ0) is 12.7. The molecule has 0 atom stereocenters. The Labute approximate surface area is 98.6 Å². The van der Waals surface area contributed by atoms with Gasteiger partial charge in [-0.3, -0.25) is 10.2 Å². The topological polar surface area (TPSA) is 78.5 Å². The molecule has 0 saturated heterocycles. The van der Waals surface area contributed by atoms with E-state index in [9.17, 15) is 14.4 Å². The number of para-hydroxylation sites is 1. The first-order valence-corrected chi connectivity index (χ1v) is 4.99. The van der Waals surface area contributed by atoms with Gasteiger partial charge in [-0.2, -0.15) is 0 Å². The van der Waals surface area contributed by atoms with Crippen molar-refractivity contribution in [3.05, 3.63) is 30.3 Å². The Morgan fingerprint density at radius 3 is 2.47 bits per heavy atom. The average Bonchev–Trinajstić information content (AvgIpc) is 2.34. The van der Waals surface area contributed by atoms with Crippen LogP contribution in [0, 0.1) is 0 Å². The second-order valence-corrected chi connectivity index (χ2v) is 3.19. The van der Waals surface area contributed by atoms with Crippen molar-refractivity contribution in [2.45, 2.75) is 6.92 Å². The zero-order valence-corrected chi connectivity index (χ0v) is 9.34. The van der Waals surface area contributed by atoms with E-state index in [0.717, 1.165) is 5.01 Å². The van der Waals surface area contributed by atoms with Crippen LogP contribution in [0.15, 0.2) is 30.3 Å². The van der Waals surface area contributed by atoms with Gasteiger partial charge in [-0.25, -0.2) is 9.80 Å². The van der Waals surface area contributed by atoms with Crippen LogP contribution in [0.25, 0.3) is 0 Å². The highest BCUT2D eigenvalue weighted by Gasteiger charge is 2.15. The number of hydrogen-bond donors (Lipinski definition) is 2. The van der Waals surface area contributed by atoms with Crippen LogP contribution < -0.4 is 15.8 Å². The molecule has 0 saturated carbocycles. The maximum absolute atomic E-state index is 11.7. The lowest BCUT2D eigenvalue weighted by molar-refractivity contribution is -0.119. The van der Waals surface area contributed by atoms with Gasteiger partial charge in [0, 0.05) is 6.92 Å². The molecule has 0 bridgehead atoms. The van der Waals surface area contributed by atoms with Gasteiger partial charge in [0.25, 0.3) is 0 Å². The van der Waals surface area contributed by atoms with Gasteiger partial charge in [-0.1, -0.05) is 18.2 Å². The van der Waals surface area contributed by atoms with E-state index in [1.807, 2.05) is 0 Å². The molecule has 6 heteroatoms. The summed E-state index contributed by atoms with van der Waals surface area (Å²) in [6.45, 7) is 1.19. The van der Waals surface area contributed by atoms with Crippen LogP contribution in [0.4, 0.5) is 10.5 Å². The third-order valence-corrected chi connectivity index (χ3v) is 1.82. The summed E-state index contributed by atoms with van der Waals surface area (Å²) in [4.78, 5) is 32.9. The molecule has 0 aliphatic rings. The Bertz CT molecular complexity index is 406. The van der Waals surface area contributed by atoms with Crippen molar-refractivity contribution in [2.75, 3.05) is 11.6 Å². The van der Waals surface area contributed by atoms with E-state index in [0.29, 0.717) is 12.0 Å². The second-order valence-electron chi connectivity index (χ2n) is 3.19. The summed E-state index contributed by atoms with van der Waals surface area (Å²) in [5, 5.41) is 3.39. The standard InChI is InChI=1S/C11H13N3O3/c1-9(16)13-14(11(17)12-7-8-15)10-5-3-2-4-6-10/h2-6,8H,7H2,1H3,(H,12,17)(H,13,16). The Hall–Kier alpha value is -2.37. The lowest BCUT2D eigenvalue weighted by Crippen LogP contribution is -2.50. The van der Waals surface area contributed by atoms with E-state index in [-0.39, 0.29) is 12.5 Å². The molecular formula is C11H13N3O3. The first kappa shape index (κ1) is 12.7. The maximum Gasteiger partial charge on any atom is 0.341 e. The Morgan fingerprint density at radius 2 is 1.94 bits per heavy atom. The first-order chi connectivity index (χ1) is 8.15. The normalized spacial score (nSPS) is 9.24. The lowest BCUT2D eigenvalue weighted by Gasteiger charge is -2.22. The molecule has 0 heterocycles. The predicted octanol–water partition coefficient (Wildman–Crippen LogP) is 0.453. The predicted molar refractivity (Wildman–Crippen MR) is 62.2 cm³/mol. The van der Waals surface area contributed by atoms with Crippen LogP contribution in [-0.4, -0.2) is 24.8 Å². The van der Waals surface area contributed by atoms with E-state index in [1.165, 1.54) is 6.92 Å². The largest absolute Gasteiger partial charge is 0.341 e. The molecule has 0 aliphatic carbocycles. The number of carbonyl (C=O) groups excluding carboxylic acids is 3. The number of anilines is 1. The van der Waals surface area contributed by atoms with E-state index in [1.54, 1.807) is 30.3 Å². The summed E-state index contributed by atoms with van der Waals surface area (Å²) in [6, 6.07) is 8.01. The molecule has 2 N–H and O–H groups in total. The minimum Gasteiger partial charge on any atom is -0.329 e. The lowest BCUT2D eigenvalue weighted by atomic mass is 10.3. The van der Waals surface area contributed by atoms with Crippen LogP contribution >= 0.6 is 0 Å². The van der Waals surface area contributed by atoms with Gasteiger partial charge in [0.1, 0.15) is 6.29 Å². The highest BCUT2D eigenvalue weighted by molar-refractivity contribution is 5.95. The number of rotatable bonds is 3. The molecule has 0 unspecified atom stereocenters. The van der Waals surface area contributed by atoms with Gasteiger partial charge in [-0.15, -0.1) is 0 Å². The van der Waals surface area contributed by atoms with Crippen LogP contribution in [-0.2, 0) is 9.59 Å². The van der Waals surface area contributed by atoms with E-state index in [4.69, 9.17) is 0 Å². The van der Waals surface area contributed by atoms with Gasteiger partial charge in [0.05, 0.1) is 12.2 Å². The van der Waals surface area contributed by atoms with Gasteiger partial charge in [0.2, 0.25) is 5.91 Å². The number of nitrogens with one attached hydrogen (secondary N) is 2. The summed E-state index contributed by atoms with van der Waals surface area (Å²) in [5.74, 6) is -0.380. The molecule has 3 amide bonds. The Morgan fingerprint density at radius 1 is 1.29 bits per heavy atom. The van der Waals surface area contributed by atoms with E-state index >= 15 is 0 Å². The van der Waals surface area contributed by atoms with Crippen molar-refractivity contribution in [1.29, 1.82) is 0 Å². The number of hydrazine groups is 1. The number of benzene rings is 1. The highest BCUT2D eigenvalue weighted by atomic mass is 16.2. The number of nitrogens with zero attached hydrogens (tertiary/aromatic N) is 1. The Kier molecular flexibility index (Phi) is 4.68. The molecule has 0 aromatic heterocycles. The number of aldehydes is 1. The molecule has 0 spiro atoms. The molecule has 1 rings (SSSR count). The summed E-state index contributed by atoms with van der Waals surface area (Å²) in [6.07, 6.45) is 0.564. The molecule has 90 valence electrons. The van der Waals surface area contributed by atoms with Crippen LogP contribution in [0.5, 0.6) is 0 Å². The van der Waals surface area contributed by atoms with Gasteiger partial charge in [0.15, 0.2) is 0 Å². The fourth-order valence-corrected chi connectivity index (χ4v) is 1.18. The molecule has 0 fully saturated rings. The van der Waals surface area contributed by atoms with Crippen molar-refractivity contribution >= 4 is 23.9 Å². The van der Waals surface area contributed by atoms with Crippen LogP contribution in [0.1, 0.15) is 6.92 Å². The SMILES string of the molecule is CC(=O)NN(C(=O)NCC=O)c1ccccc1. The van der Waals surface area contributed by atoms with Crippen LogP contribution in [0.2, 0.25) is 0 Å². The molecule has 1 aromatic rings. The fourth-order valence-electron chi connectivity index (χ4n) is 1.18. The summed E-state index contributed by atoms with van der Waals surface area (Å²) in [5.41, 5.74) is 2.88. The van der Waals surface area contributed by atoms with Gasteiger partial charge >= 0.3 is 6.03 Å². The summed E-state index contributed by atoms with van der Waals surface area (Å²) >= 11 is 0. The minimum absolute atomic E-state index is 0.109. The molecule has 0 aliphatic heterocycles. The summed E-state index contributed by atoms with van der Waals surface area (Å²) < 4.78 is 0. The number of urea groups is 1. The first-order valence-electron chi connectivity index (χ1n) is 4.99. The maximum atomic E-state index is 11.7. The smallest absolute Gasteiger partial charge is 0.329 e. The quantitative estimate of drug-likeness (QED) is 0.590. The third-order valence-electron chi connectivity index (χ3n) is 1.82. The third kappa shape index (κ3) is 3.94. The average molecular weight is 235 g/mol. The fraction of sp³-hybridized carbons (Fsp3) is 0.182.